The van der Waals surface area contributed by atoms with E-state index in [2.05, 4.69) is 44.4 Å². The molecule has 1 N–H and O–H groups in total. The summed E-state index contributed by atoms with van der Waals surface area (Å²) >= 11 is 8.85. The van der Waals surface area contributed by atoms with Crippen LogP contribution in [0.1, 0.15) is 39.2 Å². The number of aryl methyl sites for hydroxylation is 2. The molecule has 154 valence electrons. The van der Waals surface area contributed by atoms with Crippen molar-refractivity contribution in [2.24, 2.45) is 0 Å². The zero-order chi connectivity index (χ0) is 21.3. The number of hydrogen-bond acceptors (Lipinski definition) is 6. The summed E-state index contributed by atoms with van der Waals surface area (Å²) in [5.41, 5.74) is 5.90. The lowest BCUT2D eigenvalue weighted by Crippen LogP contribution is -2.12. The Morgan fingerprint density at radius 3 is 2.83 bits per heavy atom. The molecule has 0 fully saturated rings. The minimum absolute atomic E-state index is 0.216. The second-order valence-corrected chi connectivity index (χ2v) is 8.88. The first-order chi connectivity index (χ1) is 14.5. The van der Waals surface area contributed by atoms with Crippen molar-refractivity contribution < 1.29 is 4.79 Å². The Morgan fingerprint density at radius 2 is 2.07 bits per heavy atom. The van der Waals surface area contributed by atoms with Crippen molar-refractivity contribution in [2.45, 2.75) is 33.7 Å². The Kier molecular flexibility index (Phi) is 5.99. The number of hydrogen-bond donors (Lipinski definition) is 1. The second-order valence-electron chi connectivity index (χ2n) is 6.86. The molecule has 30 heavy (non-hydrogen) atoms. The lowest BCUT2D eigenvalue weighted by atomic mass is 10.2. The third kappa shape index (κ3) is 4.03. The summed E-state index contributed by atoms with van der Waals surface area (Å²) in [5.74, 6) is -0.216. The van der Waals surface area contributed by atoms with E-state index in [1.807, 2.05) is 36.6 Å². The summed E-state index contributed by atoms with van der Waals surface area (Å²) < 4.78 is 6.10. The third-order valence-corrected chi connectivity index (χ3v) is 6.85. The number of nitrogens with one attached hydrogen (secondary N) is 1. The summed E-state index contributed by atoms with van der Waals surface area (Å²) in [5, 5.41) is 10.1. The molecule has 3 heterocycles. The van der Waals surface area contributed by atoms with Crippen LogP contribution in [0.3, 0.4) is 0 Å². The number of carbonyl (C=O) groups excluding carboxylic acids is 1. The standard InChI is InChI=1S/C21H20ClN5OS2/c1-4-17-19(30-26-25-17)20(28)24-21-23-18(11-29-21)15-9-12(2)27(13(15)3)10-14-7-5-6-8-16(14)22/h5-9,11H,4,10H2,1-3H3,(H,23,24,28). The van der Waals surface area contributed by atoms with Crippen molar-refractivity contribution in [2.75, 3.05) is 5.32 Å². The fourth-order valence-electron chi connectivity index (χ4n) is 3.32. The number of aromatic nitrogens is 4. The van der Waals surface area contributed by atoms with Gasteiger partial charge < -0.3 is 4.57 Å². The van der Waals surface area contributed by atoms with Crippen molar-refractivity contribution >= 4 is 45.5 Å². The van der Waals surface area contributed by atoms with Crippen molar-refractivity contribution in [3.05, 3.63) is 68.3 Å². The van der Waals surface area contributed by atoms with Crippen molar-refractivity contribution in [3.63, 3.8) is 0 Å². The molecule has 0 bridgehead atoms. The quantitative estimate of drug-likeness (QED) is 0.409. The number of halogens is 1. The van der Waals surface area contributed by atoms with E-state index in [9.17, 15) is 4.79 Å². The van der Waals surface area contributed by atoms with Gasteiger partial charge in [-0.25, -0.2) is 4.98 Å². The first-order valence-electron chi connectivity index (χ1n) is 9.46. The SMILES string of the molecule is CCc1nnsc1C(=O)Nc1nc(-c2cc(C)n(Cc3ccccc3Cl)c2C)cs1. The predicted molar refractivity (Wildman–Crippen MR) is 123 cm³/mol. The van der Waals surface area contributed by atoms with E-state index in [0.717, 1.165) is 44.8 Å². The second kappa shape index (κ2) is 8.67. The number of carbonyl (C=O) groups is 1. The zero-order valence-electron chi connectivity index (χ0n) is 16.8. The summed E-state index contributed by atoms with van der Waals surface area (Å²) in [4.78, 5) is 17.7. The van der Waals surface area contributed by atoms with Gasteiger partial charge in [0, 0.05) is 33.9 Å². The predicted octanol–water partition coefficient (Wildman–Crippen LogP) is 5.60. The van der Waals surface area contributed by atoms with Gasteiger partial charge in [0.25, 0.3) is 5.91 Å². The molecule has 6 nitrogen and oxygen atoms in total. The maximum absolute atomic E-state index is 12.5. The molecule has 0 aliphatic carbocycles. The first-order valence-corrected chi connectivity index (χ1v) is 11.5. The van der Waals surface area contributed by atoms with Crippen LogP contribution in [0, 0.1) is 13.8 Å². The molecule has 0 spiro atoms. The lowest BCUT2D eigenvalue weighted by molar-refractivity contribution is 0.102. The number of thiazole rings is 1. The number of rotatable bonds is 6. The van der Waals surface area contributed by atoms with Crippen LogP contribution in [0.5, 0.6) is 0 Å². The van der Waals surface area contributed by atoms with Crippen LogP contribution in [0.2, 0.25) is 5.02 Å². The number of anilines is 1. The highest BCUT2D eigenvalue weighted by Crippen LogP contribution is 2.31. The number of nitrogens with zero attached hydrogens (tertiary/aromatic N) is 4. The number of benzene rings is 1. The zero-order valence-corrected chi connectivity index (χ0v) is 19.2. The fraction of sp³-hybridized carbons (Fsp3) is 0.238. The van der Waals surface area contributed by atoms with E-state index in [0.29, 0.717) is 28.7 Å². The Labute approximate surface area is 187 Å². The maximum Gasteiger partial charge on any atom is 0.271 e. The molecule has 0 aliphatic heterocycles. The summed E-state index contributed by atoms with van der Waals surface area (Å²) in [6, 6.07) is 9.99. The van der Waals surface area contributed by atoms with Crippen LogP contribution in [-0.4, -0.2) is 25.0 Å². The Balaban J connectivity index is 1.56. The van der Waals surface area contributed by atoms with E-state index < -0.39 is 0 Å². The smallest absolute Gasteiger partial charge is 0.271 e. The molecule has 1 amide bonds. The van der Waals surface area contributed by atoms with Crippen LogP contribution in [0.15, 0.2) is 35.7 Å². The molecule has 4 aromatic rings. The van der Waals surface area contributed by atoms with E-state index in [1.165, 1.54) is 11.3 Å². The molecule has 0 saturated heterocycles. The number of amides is 1. The molecule has 0 saturated carbocycles. The molecule has 3 aromatic heterocycles. The van der Waals surface area contributed by atoms with Crippen molar-refractivity contribution in [3.8, 4) is 11.3 Å². The van der Waals surface area contributed by atoms with Crippen molar-refractivity contribution in [1.82, 2.24) is 19.1 Å². The van der Waals surface area contributed by atoms with Gasteiger partial charge in [-0.3, -0.25) is 10.1 Å². The largest absolute Gasteiger partial charge is 0.344 e. The Hall–Kier alpha value is -2.55. The minimum Gasteiger partial charge on any atom is -0.344 e. The van der Waals surface area contributed by atoms with Gasteiger partial charge in [0.15, 0.2) is 5.13 Å². The van der Waals surface area contributed by atoms with Gasteiger partial charge in [-0.15, -0.1) is 16.4 Å². The molecule has 0 radical (unpaired) electrons. The van der Waals surface area contributed by atoms with E-state index in [4.69, 9.17) is 11.6 Å². The highest BCUT2D eigenvalue weighted by Gasteiger charge is 2.18. The maximum atomic E-state index is 12.5. The van der Waals surface area contributed by atoms with E-state index in [-0.39, 0.29) is 5.91 Å². The highest BCUT2D eigenvalue weighted by atomic mass is 35.5. The Morgan fingerprint density at radius 1 is 1.27 bits per heavy atom. The minimum atomic E-state index is -0.216. The summed E-state index contributed by atoms with van der Waals surface area (Å²) in [6.45, 7) is 6.80. The molecular weight excluding hydrogens is 438 g/mol. The van der Waals surface area contributed by atoms with Crippen LogP contribution in [0.25, 0.3) is 11.3 Å². The van der Waals surface area contributed by atoms with Gasteiger partial charge in [0.2, 0.25) is 0 Å². The molecule has 0 unspecified atom stereocenters. The fourth-order valence-corrected chi connectivity index (χ4v) is 4.87. The van der Waals surface area contributed by atoms with Crippen LogP contribution in [-0.2, 0) is 13.0 Å². The summed E-state index contributed by atoms with van der Waals surface area (Å²) in [6.07, 6.45) is 0.666. The van der Waals surface area contributed by atoms with Crippen LogP contribution in [0.4, 0.5) is 5.13 Å². The van der Waals surface area contributed by atoms with Gasteiger partial charge in [-0.05, 0) is 49.5 Å². The van der Waals surface area contributed by atoms with E-state index in [1.54, 1.807) is 0 Å². The molecule has 0 atom stereocenters. The molecule has 4 rings (SSSR count). The highest BCUT2D eigenvalue weighted by molar-refractivity contribution is 7.14. The average molecular weight is 458 g/mol. The van der Waals surface area contributed by atoms with Gasteiger partial charge in [0.05, 0.1) is 11.4 Å². The molecular formula is C21H20ClN5OS2. The lowest BCUT2D eigenvalue weighted by Gasteiger charge is -2.11. The topological polar surface area (TPSA) is 72.7 Å². The average Bonchev–Trinajstić information content (AvgIpc) is 3.45. The van der Waals surface area contributed by atoms with Crippen LogP contribution >= 0.6 is 34.5 Å². The van der Waals surface area contributed by atoms with Gasteiger partial charge in [0.1, 0.15) is 4.88 Å². The van der Waals surface area contributed by atoms with E-state index >= 15 is 0 Å². The van der Waals surface area contributed by atoms with Crippen molar-refractivity contribution in [1.29, 1.82) is 0 Å². The molecule has 9 heteroatoms. The first kappa shape index (κ1) is 20.7. The molecule has 1 aromatic carbocycles. The third-order valence-electron chi connectivity index (χ3n) is 4.96. The normalized spacial score (nSPS) is 11.1. The van der Waals surface area contributed by atoms with Gasteiger partial charge >= 0.3 is 0 Å². The van der Waals surface area contributed by atoms with Crippen LogP contribution < -0.4 is 5.32 Å². The molecule has 0 aliphatic rings. The monoisotopic (exact) mass is 457 g/mol. The summed E-state index contributed by atoms with van der Waals surface area (Å²) in [7, 11) is 0. The Bertz CT molecular complexity index is 1210. The van der Waals surface area contributed by atoms with Gasteiger partial charge in [-0.2, -0.15) is 0 Å². The van der Waals surface area contributed by atoms with Gasteiger partial charge in [-0.1, -0.05) is 41.2 Å².